The molecule has 0 unspecified atom stereocenters. The highest BCUT2D eigenvalue weighted by atomic mass is 19.3. The van der Waals surface area contributed by atoms with Crippen LogP contribution < -0.4 is 10.5 Å². The molecule has 0 radical (unpaired) electrons. The summed E-state index contributed by atoms with van der Waals surface area (Å²) < 4.78 is 31.4. The molecule has 0 heterocycles. The highest BCUT2D eigenvalue weighted by Crippen LogP contribution is 2.34. The van der Waals surface area contributed by atoms with Crippen LogP contribution in [0, 0.1) is 0 Å². The van der Waals surface area contributed by atoms with Gasteiger partial charge >= 0.3 is 0 Å². The molecule has 4 nitrogen and oxygen atoms in total. The van der Waals surface area contributed by atoms with Gasteiger partial charge in [0.2, 0.25) is 0 Å². The highest BCUT2D eigenvalue weighted by Gasteiger charge is 2.37. The van der Waals surface area contributed by atoms with Crippen LogP contribution in [0.15, 0.2) is 18.2 Å². The molecule has 1 aromatic rings. The second-order valence-corrected chi connectivity index (χ2v) is 3.56. The van der Waals surface area contributed by atoms with E-state index in [1.54, 1.807) is 6.92 Å². The number of hydrogen-bond donors (Lipinski definition) is 3. The molecule has 1 rings (SSSR count). The maximum Gasteiger partial charge on any atom is 0.289 e. The molecule has 0 aromatic heterocycles. The van der Waals surface area contributed by atoms with Gasteiger partial charge in [0.05, 0.1) is 12.6 Å². The fourth-order valence-corrected chi connectivity index (χ4v) is 1.34. The van der Waals surface area contributed by atoms with Crippen molar-refractivity contribution >= 4 is 0 Å². The van der Waals surface area contributed by atoms with E-state index in [9.17, 15) is 13.9 Å². The summed E-state index contributed by atoms with van der Waals surface area (Å²) >= 11 is 0. The van der Waals surface area contributed by atoms with Gasteiger partial charge in [-0.2, -0.15) is 0 Å². The summed E-state index contributed by atoms with van der Waals surface area (Å²) in [6, 6.07) is 2.10. The second-order valence-electron chi connectivity index (χ2n) is 3.56. The van der Waals surface area contributed by atoms with Gasteiger partial charge < -0.3 is 20.7 Å². The molecule has 0 amide bonds. The van der Waals surface area contributed by atoms with Crippen molar-refractivity contribution in [2.45, 2.75) is 18.9 Å². The van der Waals surface area contributed by atoms with Crippen LogP contribution in [-0.4, -0.2) is 29.3 Å². The van der Waals surface area contributed by atoms with Gasteiger partial charge in [-0.05, 0) is 24.6 Å². The van der Waals surface area contributed by atoms with Crippen LogP contribution in [0.25, 0.3) is 0 Å². The Labute approximate surface area is 97.6 Å². The smallest absolute Gasteiger partial charge is 0.289 e. The summed E-state index contributed by atoms with van der Waals surface area (Å²) in [6.07, 6.45) is 0. The summed E-state index contributed by atoms with van der Waals surface area (Å²) in [5, 5.41) is 17.9. The number of halogens is 2. The van der Waals surface area contributed by atoms with Crippen molar-refractivity contribution in [1.29, 1.82) is 0 Å². The molecule has 0 spiro atoms. The predicted octanol–water partition coefficient (Wildman–Crippen LogP) is 1.42. The molecule has 17 heavy (non-hydrogen) atoms. The molecule has 0 aliphatic carbocycles. The van der Waals surface area contributed by atoms with Crippen molar-refractivity contribution in [1.82, 2.24) is 0 Å². The van der Waals surface area contributed by atoms with E-state index in [-0.39, 0.29) is 17.1 Å². The number of ether oxygens (including phenoxy) is 1. The number of benzene rings is 1. The van der Waals surface area contributed by atoms with Gasteiger partial charge in [-0.1, -0.05) is 6.07 Å². The van der Waals surface area contributed by atoms with Crippen LogP contribution in [0.3, 0.4) is 0 Å². The standard InChI is InChI=1S/C11H15F2NO3/c1-2-17-9-5-7(3-4-8(9)16)10(14)11(12,13)6-15/h3-5,10,15-16H,2,6,14H2,1H3/t10-/m0/s1. The zero-order valence-electron chi connectivity index (χ0n) is 9.36. The lowest BCUT2D eigenvalue weighted by Crippen LogP contribution is -2.36. The third kappa shape index (κ3) is 3.04. The maximum atomic E-state index is 13.2. The van der Waals surface area contributed by atoms with Crippen molar-refractivity contribution in [2.24, 2.45) is 5.73 Å². The molecule has 4 N–H and O–H groups in total. The number of aliphatic hydroxyl groups excluding tert-OH is 1. The molecule has 6 heteroatoms. The van der Waals surface area contributed by atoms with E-state index < -0.39 is 18.6 Å². The van der Waals surface area contributed by atoms with Crippen LogP contribution >= 0.6 is 0 Å². The molecule has 0 saturated heterocycles. The lowest BCUT2D eigenvalue weighted by molar-refractivity contribution is -0.0712. The molecule has 1 atom stereocenters. The molecule has 1 aromatic carbocycles. The fraction of sp³-hybridized carbons (Fsp3) is 0.455. The third-order valence-corrected chi connectivity index (χ3v) is 2.31. The van der Waals surface area contributed by atoms with Crippen LogP contribution in [0.4, 0.5) is 8.78 Å². The minimum Gasteiger partial charge on any atom is -0.504 e. The van der Waals surface area contributed by atoms with Crippen molar-refractivity contribution in [2.75, 3.05) is 13.2 Å². The van der Waals surface area contributed by atoms with Gasteiger partial charge in [-0.25, -0.2) is 8.78 Å². The molecule has 0 saturated carbocycles. The zero-order chi connectivity index (χ0) is 13.1. The fourth-order valence-electron chi connectivity index (χ4n) is 1.34. The third-order valence-electron chi connectivity index (χ3n) is 2.31. The minimum atomic E-state index is -3.42. The van der Waals surface area contributed by atoms with Gasteiger partial charge in [-0.3, -0.25) is 0 Å². The molecule has 0 aliphatic rings. The zero-order valence-corrected chi connectivity index (χ0v) is 9.36. The predicted molar refractivity (Wildman–Crippen MR) is 58.2 cm³/mol. The minimum absolute atomic E-state index is 0.0882. The van der Waals surface area contributed by atoms with Gasteiger partial charge in [0.15, 0.2) is 11.5 Å². The molecule has 0 aliphatic heterocycles. The first kappa shape index (κ1) is 13.7. The SMILES string of the molecule is CCOc1cc([C@H](N)C(F)(F)CO)ccc1O. The van der Waals surface area contributed by atoms with Gasteiger partial charge in [-0.15, -0.1) is 0 Å². The first-order valence-corrected chi connectivity index (χ1v) is 5.12. The van der Waals surface area contributed by atoms with E-state index in [0.29, 0.717) is 6.61 Å². The maximum absolute atomic E-state index is 13.2. The van der Waals surface area contributed by atoms with E-state index in [1.165, 1.54) is 18.2 Å². The molecular weight excluding hydrogens is 232 g/mol. The Morgan fingerprint density at radius 2 is 2.12 bits per heavy atom. The van der Waals surface area contributed by atoms with Gasteiger partial charge in [0, 0.05) is 0 Å². The van der Waals surface area contributed by atoms with Gasteiger partial charge in [0.1, 0.15) is 6.61 Å². The lowest BCUT2D eigenvalue weighted by Gasteiger charge is -2.22. The Kier molecular flexibility index (Phi) is 4.25. The number of alkyl halides is 2. The van der Waals surface area contributed by atoms with E-state index >= 15 is 0 Å². The number of aromatic hydroxyl groups is 1. The van der Waals surface area contributed by atoms with Crippen molar-refractivity contribution < 1.29 is 23.7 Å². The van der Waals surface area contributed by atoms with Crippen molar-refractivity contribution in [3.05, 3.63) is 23.8 Å². The largest absolute Gasteiger partial charge is 0.504 e. The Morgan fingerprint density at radius 3 is 2.65 bits per heavy atom. The Morgan fingerprint density at radius 1 is 1.47 bits per heavy atom. The van der Waals surface area contributed by atoms with E-state index in [0.717, 1.165) is 0 Å². The van der Waals surface area contributed by atoms with Crippen LogP contribution in [-0.2, 0) is 0 Å². The average Bonchev–Trinajstić information content (AvgIpc) is 2.31. The van der Waals surface area contributed by atoms with Crippen molar-refractivity contribution in [3.63, 3.8) is 0 Å². The molecular formula is C11H15F2NO3. The van der Waals surface area contributed by atoms with Crippen molar-refractivity contribution in [3.8, 4) is 11.5 Å². The van der Waals surface area contributed by atoms with E-state index in [1.807, 2.05) is 0 Å². The first-order chi connectivity index (χ1) is 7.92. The number of nitrogens with two attached hydrogens (primary N) is 1. The molecule has 0 fully saturated rings. The quantitative estimate of drug-likeness (QED) is 0.735. The number of phenols is 1. The lowest BCUT2D eigenvalue weighted by atomic mass is 10.0. The highest BCUT2D eigenvalue weighted by molar-refractivity contribution is 5.43. The summed E-state index contributed by atoms with van der Waals surface area (Å²) in [6.45, 7) is 0.663. The van der Waals surface area contributed by atoms with E-state index in [4.69, 9.17) is 15.6 Å². The monoisotopic (exact) mass is 247 g/mol. The second kappa shape index (κ2) is 5.29. The average molecular weight is 247 g/mol. The number of aliphatic hydroxyl groups is 1. The Balaban J connectivity index is 3.03. The normalized spacial score (nSPS) is 13.5. The molecule has 96 valence electrons. The first-order valence-electron chi connectivity index (χ1n) is 5.12. The van der Waals surface area contributed by atoms with Crippen LogP contribution in [0.2, 0.25) is 0 Å². The van der Waals surface area contributed by atoms with E-state index in [2.05, 4.69) is 0 Å². The van der Waals surface area contributed by atoms with Crippen LogP contribution in [0.1, 0.15) is 18.5 Å². The van der Waals surface area contributed by atoms with Crippen LogP contribution in [0.5, 0.6) is 11.5 Å². The summed E-state index contributed by atoms with van der Waals surface area (Å²) in [5.74, 6) is -3.47. The Hall–Kier alpha value is -1.40. The van der Waals surface area contributed by atoms with Gasteiger partial charge in [0.25, 0.3) is 5.92 Å². The number of hydrogen-bond acceptors (Lipinski definition) is 4. The molecule has 0 bridgehead atoms. The number of phenolic OH excluding ortho intramolecular Hbond substituents is 1. The summed E-state index contributed by atoms with van der Waals surface area (Å²) in [5.41, 5.74) is 5.44. The summed E-state index contributed by atoms with van der Waals surface area (Å²) in [4.78, 5) is 0. The Bertz CT molecular complexity index is 385. The number of rotatable bonds is 5. The summed E-state index contributed by atoms with van der Waals surface area (Å²) in [7, 11) is 0. The topological polar surface area (TPSA) is 75.7 Å².